The second-order valence-corrected chi connectivity index (χ2v) is 6.14. The molecule has 2 atom stereocenters. The first-order valence-electron chi connectivity index (χ1n) is 7.57. The summed E-state index contributed by atoms with van der Waals surface area (Å²) in [6.07, 6.45) is 1.74. The van der Waals surface area contributed by atoms with Crippen LogP contribution in [0.2, 0.25) is 0 Å². The number of likely N-dealkylation sites (N-methyl/N-ethyl adjacent to an activating group) is 1. The fraction of sp³-hybridized carbons (Fsp3) is 0.444. The van der Waals surface area contributed by atoms with Gasteiger partial charge in [0.05, 0.1) is 12.3 Å². The average Bonchev–Trinajstić information content (AvgIpc) is 2.97. The maximum atomic E-state index is 5.66. The van der Waals surface area contributed by atoms with Crippen molar-refractivity contribution < 1.29 is 4.42 Å². The molecule has 1 aromatic carbocycles. The zero-order valence-electron chi connectivity index (χ0n) is 13.4. The van der Waals surface area contributed by atoms with Gasteiger partial charge in [0.15, 0.2) is 0 Å². The fourth-order valence-corrected chi connectivity index (χ4v) is 2.51. The van der Waals surface area contributed by atoms with E-state index in [4.69, 9.17) is 4.42 Å². The van der Waals surface area contributed by atoms with Crippen molar-refractivity contribution in [3.05, 3.63) is 60.1 Å². The molecule has 2 aromatic rings. The molecular weight excluding hydrogens is 260 g/mol. The van der Waals surface area contributed by atoms with Crippen molar-refractivity contribution in [3.63, 3.8) is 0 Å². The third-order valence-electron chi connectivity index (χ3n) is 3.71. The summed E-state index contributed by atoms with van der Waals surface area (Å²) in [6.45, 7) is 5.51. The predicted octanol–water partition coefficient (Wildman–Crippen LogP) is 3.54. The molecule has 0 saturated carbocycles. The van der Waals surface area contributed by atoms with Crippen LogP contribution in [0.25, 0.3) is 0 Å². The minimum atomic E-state index is 0.0913. The molecule has 0 aliphatic carbocycles. The Bertz CT molecular complexity index is 505. The van der Waals surface area contributed by atoms with Crippen molar-refractivity contribution in [3.8, 4) is 0 Å². The van der Waals surface area contributed by atoms with Crippen LogP contribution in [-0.2, 0) is 0 Å². The molecule has 1 N–H and O–H groups in total. The number of rotatable bonds is 7. The second kappa shape index (κ2) is 7.43. The largest absolute Gasteiger partial charge is 0.467 e. The number of benzene rings is 1. The predicted molar refractivity (Wildman–Crippen MR) is 87.3 cm³/mol. The molecule has 1 heterocycles. The van der Waals surface area contributed by atoms with Crippen molar-refractivity contribution in [1.82, 2.24) is 10.2 Å². The summed E-state index contributed by atoms with van der Waals surface area (Å²) in [6, 6.07) is 15.0. The Kier molecular flexibility index (Phi) is 5.59. The van der Waals surface area contributed by atoms with E-state index >= 15 is 0 Å². The van der Waals surface area contributed by atoms with Gasteiger partial charge in [0, 0.05) is 12.6 Å². The molecule has 3 nitrogen and oxygen atoms in total. The molecule has 0 spiro atoms. The minimum absolute atomic E-state index is 0.0913. The number of hydrogen-bond donors (Lipinski definition) is 1. The Balaban J connectivity index is 2.24. The molecule has 1 aromatic heterocycles. The van der Waals surface area contributed by atoms with Gasteiger partial charge in [-0.3, -0.25) is 5.32 Å². The van der Waals surface area contributed by atoms with Gasteiger partial charge in [-0.2, -0.15) is 0 Å². The van der Waals surface area contributed by atoms with Gasteiger partial charge in [-0.25, -0.2) is 0 Å². The highest BCUT2D eigenvalue weighted by Crippen LogP contribution is 2.24. The van der Waals surface area contributed by atoms with Crippen LogP contribution in [0.1, 0.15) is 31.2 Å². The van der Waals surface area contributed by atoms with E-state index in [2.05, 4.69) is 62.4 Å². The monoisotopic (exact) mass is 286 g/mol. The molecule has 114 valence electrons. The summed E-state index contributed by atoms with van der Waals surface area (Å²) in [5, 5.41) is 3.77. The SMILES string of the molecule is CC(C)C(CN(C)C)NC(c1ccccc1)c1ccco1. The van der Waals surface area contributed by atoms with Gasteiger partial charge in [0.2, 0.25) is 0 Å². The van der Waals surface area contributed by atoms with Crippen LogP contribution >= 0.6 is 0 Å². The van der Waals surface area contributed by atoms with Crippen molar-refractivity contribution in [2.75, 3.05) is 20.6 Å². The molecule has 0 fully saturated rings. The van der Waals surface area contributed by atoms with Crippen LogP contribution in [0.15, 0.2) is 53.1 Å². The van der Waals surface area contributed by atoms with Gasteiger partial charge in [0.1, 0.15) is 5.76 Å². The normalized spacial score (nSPS) is 14.6. The number of nitrogens with one attached hydrogen (secondary N) is 1. The van der Waals surface area contributed by atoms with Crippen LogP contribution in [-0.4, -0.2) is 31.6 Å². The highest BCUT2D eigenvalue weighted by atomic mass is 16.3. The molecule has 0 bridgehead atoms. The first-order chi connectivity index (χ1) is 10.1. The van der Waals surface area contributed by atoms with E-state index in [1.54, 1.807) is 6.26 Å². The van der Waals surface area contributed by atoms with Crippen molar-refractivity contribution in [2.24, 2.45) is 5.92 Å². The average molecular weight is 286 g/mol. The minimum Gasteiger partial charge on any atom is -0.467 e. The first-order valence-corrected chi connectivity index (χ1v) is 7.57. The molecule has 3 heteroatoms. The van der Waals surface area contributed by atoms with Gasteiger partial charge in [-0.05, 0) is 37.7 Å². The van der Waals surface area contributed by atoms with Gasteiger partial charge >= 0.3 is 0 Å². The lowest BCUT2D eigenvalue weighted by molar-refractivity contribution is 0.269. The van der Waals surface area contributed by atoms with E-state index in [0.717, 1.165) is 12.3 Å². The number of hydrogen-bond acceptors (Lipinski definition) is 3. The summed E-state index contributed by atoms with van der Waals surface area (Å²) in [4.78, 5) is 2.22. The Morgan fingerprint density at radius 3 is 2.29 bits per heavy atom. The Hall–Kier alpha value is -1.58. The third kappa shape index (κ3) is 4.45. The van der Waals surface area contributed by atoms with Crippen LogP contribution in [0.3, 0.4) is 0 Å². The van der Waals surface area contributed by atoms with Crippen LogP contribution in [0.4, 0.5) is 0 Å². The van der Waals surface area contributed by atoms with Crippen LogP contribution in [0.5, 0.6) is 0 Å². The zero-order valence-corrected chi connectivity index (χ0v) is 13.4. The van der Waals surface area contributed by atoms with Crippen molar-refractivity contribution in [2.45, 2.75) is 25.9 Å². The van der Waals surface area contributed by atoms with Crippen molar-refractivity contribution >= 4 is 0 Å². The summed E-state index contributed by atoms with van der Waals surface area (Å²) >= 11 is 0. The van der Waals surface area contributed by atoms with E-state index in [1.807, 2.05) is 18.2 Å². The summed E-state index contributed by atoms with van der Waals surface area (Å²) in [5.41, 5.74) is 1.23. The maximum absolute atomic E-state index is 5.66. The molecule has 2 unspecified atom stereocenters. The molecule has 0 saturated heterocycles. The van der Waals surface area contributed by atoms with Crippen molar-refractivity contribution in [1.29, 1.82) is 0 Å². The lowest BCUT2D eigenvalue weighted by Gasteiger charge is -2.30. The Morgan fingerprint density at radius 2 is 1.76 bits per heavy atom. The zero-order chi connectivity index (χ0) is 15.2. The summed E-state index contributed by atoms with van der Waals surface area (Å²) in [5.74, 6) is 1.51. The molecular formula is C18H26N2O. The van der Waals surface area contributed by atoms with Gasteiger partial charge in [-0.15, -0.1) is 0 Å². The Labute approximate surface area is 128 Å². The topological polar surface area (TPSA) is 28.4 Å². The molecule has 0 radical (unpaired) electrons. The lowest BCUT2D eigenvalue weighted by atomic mass is 9.98. The molecule has 0 aliphatic heterocycles. The summed E-state index contributed by atoms with van der Waals surface area (Å²) < 4.78 is 5.66. The molecule has 0 aliphatic rings. The van der Waals surface area contributed by atoms with Crippen LogP contribution < -0.4 is 5.32 Å². The van der Waals surface area contributed by atoms with E-state index in [-0.39, 0.29) is 6.04 Å². The van der Waals surface area contributed by atoms with Crippen LogP contribution in [0, 0.1) is 5.92 Å². The highest BCUT2D eigenvalue weighted by Gasteiger charge is 2.23. The quantitative estimate of drug-likeness (QED) is 0.844. The number of furan rings is 1. The molecule has 21 heavy (non-hydrogen) atoms. The Morgan fingerprint density at radius 1 is 1.05 bits per heavy atom. The van der Waals surface area contributed by atoms with E-state index in [0.29, 0.717) is 12.0 Å². The standard InChI is InChI=1S/C18H26N2O/c1-14(2)16(13-20(3)4)19-18(17-11-8-12-21-17)15-9-6-5-7-10-15/h5-12,14,16,18-19H,13H2,1-4H3. The second-order valence-electron chi connectivity index (χ2n) is 6.14. The molecule has 2 rings (SSSR count). The number of nitrogens with zero attached hydrogens (tertiary/aromatic N) is 1. The summed E-state index contributed by atoms with van der Waals surface area (Å²) in [7, 11) is 4.23. The lowest BCUT2D eigenvalue weighted by Crippen LogP contribution is -2.44. The maximum Gasteiger partial charge on any atom is 0.125 e. The highest BCUT2D eigenvalue weighted by molar-refractivity contribution is 5.26. The van der Waals surface area contributed by atoms with E-state index < -0.39 is 0 Å². The van der Waals surface area contributed by atoms with Gasteiger partial charge in [0.25, 0.3) is 0 Å². The third-order valence-corrected chi connectivity index (χ3v) is 3.71. The van der Waals surface area contributed by atoms with E-state index in [9.17, 15) is 0 Å². The van der Waals surface area contributed by atoms with Gasteiger partial charge in [-0.1, -0.05) is 44.2 Å². The van der Waals surface area contributed by atoms with Gasteiger partial charge < -0.3 is 9.32 Å². The first kappa shape index (κ1) is 15.8. The molecule has 0 amide bonds. The smallest absolute Gasteiger partial charge is 0.125 e. The fourth-order valence-electron chi connectivity index (χ4n) is 2.51. The van der Waals surface area contributed by atoms with E-state index in [1.165, 1.54) is 5.56 Å².